The molecule has 82 valence electrons. The fourth-order valence-electron chi connectivity index (χ4n) is 0.943. The summed E-state index contributed by atoms with van der Waals surface area (Å²) in [6.45, 7) is 0.314. The van der Waals surface area contributed by atoms with E-state index >= 15 is 0 Å². The summed E-state index contributed by atoms with van der Waals surface area (Å²) in [7, 11) is 0. The van der Waals surface area contributed by atoms with Gasteiger partial charge in [0.1, 0.15) is 0 Å². The Hall–Kier alpha value is -1.47. The van der Waals surface area contributed by atoms with Crippen LogP contribution in [-0.4, -0.2) is 22.8 Å². The van der Waals surface area contributed by atoms with E-state index in [4.69, 9.17) is 11.5 Å². The molecule has 0 fully saturated rings. The van der Waals surface area contributed by atoms with Crippen molar-refractivity contribution in [3.8, 4) is 0 Å². The average Bonchev–Trinajstić information content (AvgIpc) is 2.65. The van der Waals surface area contributed by atoms with Crippen LogP contribution in [0.15, 0.2) is 10.9 Å². The van der Waals surface area contributed by atoms with E-state index in [1.165, 1.54) is 11.3 Å². The zero-order valence-corrected chi connectivity index (χ0v) is 8.79. The summed E-state index contributed by atoms with van der Waals surface area (Å²) < 4.78 is 0. The van der Waals surface area contributed by atoms with Gasteiger partial charge in [0.15, 0.2) is 0 Å². The monoisotopic (exact) mass is 228 g/mol. The van der Waals surface area contributed by atoms with Crippen molar-refractivity contribution in [2.45, 2.75) is 19.0 Å². The summed E-state index contributed by atoms with van der Waals surface area (Å²) in [5.74, 6) is -0.992. The van der Waals surface area contributed by atoms with Crippen molar-refractivity contribution in [3.63, 3.8) is 0 Å². The number of carbonyl (C=O) groups is 2. The lowest BCUT2D eigenvalue weighted by Crippen LogP contribution is -2.42. The highest BCUT2D eigenvalue weighted by molar-refractivity contribution is 7.07. The smallest absolute Gasteiger partial charge is 0.237 e. The molecule has 1 aromatic rings. The maximum absolute atomic E-state index is 11.3. The number of nitrogens with zero attached hydrogens (tertiary/aromatic N) is 1. The van der Waals surface area contributed by atoms with Gasteiger partial charge in [0.25, 0.3) is 0 Å². The standard InChI is InChI=1S/C8H12N4O2S/c9-6(1-7(10)13)8(14)11-2-5-3-15-4-12-5/h3-4,6H,1-2,9H2,(H2,10,13)(H,11,14). The third-order valence-electron chi connectivity index (χ3n) is 1.69. The predicted molar refractivity (Wildman–Crippen MR) is 55.7 cm³/mol. The van der Waals surface area contributed by atoms with Crippen molar-refractivity contribution >= 4 is 23.2 Å². The van der Waals surface area contributed by atoms with Gasteiger partial charge in [-0.3, -0.25) is 9.59 Å². The SMILES string of the molecule is NC(=O)CC(N)C(=O)NCc1cscn1. The minimum atomic E-state index is -0.888. The van der Waals surface area contributed by atoms with Crippen molar-refractivity contribution in [1.29, 1.82) is 0 Å². The Labute approximate surface area is 90.7 Å². The molecule has 0 radical (unpaired) electrons. The molecule has 1 rings (SSSR count). The molecule has 0 aliphatic carbocycles. The van der Waals surface area contributed by atoms with E-state index in [1.807, 2.05) is 5.38 Å². The van der Waals surface area contributed by atoms with Crippen LogP contribution in [0.3, 0.4) is 0 Å². The summed E-state index contributed by atoms with van der Waals surface area (Å²) in [5, 5.41) is 4.38. The number of rotatable bonds is 5. The Balaban J connectivity index is 2.32. The molecule has 0 bridgehead atoms. The van der Waals surface area contributed by atoms with Crippen LogP contribution >= 0.6 is 11.3 Å². The molecule has 1 aromatic heterocycles. The lowest BCUT2D eigenvalue weighted by Gasteiger charge is -2.09. The second-order valence-corrected chi connectivity index (χ2v) is 3.69. The lowest BCUT2D eigenvalue weighted by atomic mass is 10.2. The Bertz CT molecular complexity index is 338. The van der Waals surface area contributed by atoms with Crippen LogP contribution < -0.4 is 16.8 Å². The quantitative estimate of drug-likeness (QED) is 0.597. The van der Waals surface area contributed by atoms with Gasteiger partial charge >= 0.3 is 0 Å². The van der Waals surface area contributed by atoms with E-state index in [1.54, 1.807) is 5.51 Å². The fraction of sp³-hybridized carbons (Fsp3) is 0.375. The van der Waals surface area contributed by atoms with Crippen LogP contribution in [0.2, 0.25) is 0 Å². The molecule has 0 aliphatic rings. The normalized spacial score (nSPS) is 12.1. The summed E-state index contributed by atoms with van der Waals surface area (Å²) in [5.41, 5.74) is 12.8. The Morgan fingerprint density at radius 1 is 1.60 bits per heavy atom. The van der Waals surface area contributed by atoms with Crippen molar-refractivity contribution in [2.24, 2.45) is 11.5 Å². The van der Waals surface area contributed by atoms with Crippen molar-refractivity contribution in [3.05, 3.63) is 16.6 Å². The number of hydrogen-bond acceptors (Lipinski definition) is 5. The van der Waals surface area contributed by atoms with Crippen LogP contribution in [0.1, 0.15) is 12.1 Å². The van der Waals surface area contributed by atoms with E-state index in [-0.39, 0.29) is 6.42 Å². The van der Waals surface area contributed by atoms with Gasteiger partial charge in [-0.2, -0.15) is 0 Å². The van der Waals surface area contributed by atoms with Crippen LogP contribution in [0.4, 0.5) is 0 Å². The summed E-state index contributed by atoms with van der Waals surface area (Å²) >= 11 is 1.44. The summed E-state index contributed by atoms with van der Waals surface area (Å²) in [6, 6.07) is -0.888. The van der Waals surface area contributed by atoms with E-state index in [2.05, 4.69) is 10.3 Å². The minimum Gasteiger partial charge on any atom is -0.370 e. The van der Waals surface area contributed by atoms with Gasteiger partial charge in [-0.1, -0.05) is 0 Å². The first kappa shape index (κ1) is 11.6. The van der Waals surface area contributed by atoms with E-state index in [0.29, 0.717) is 6.54 Å². The molecule has 0 aliphatic heterocycles. The van der Waals surface area contributed by atoms with E-state index in [0.717, 1.165) is 5.69 Å². The molecule has 1 heterocycles. The van der Waals surface area contributed by atoms with Gasteiger partial charge in [-0.15, -0.1) is 11.3 Å². The van der Waals surface area contributed by atoms with Crippen LogP contribution in [0, 0.1) is 0 Å². The van der Waals surface area contributed by atoms with Crippen molar-refractivity contribution < 1.29 is 9.59 Å². The number of thiazole rings is 1. The first-order chi connectivity index (χ1) is 7.09. The highest BCUT2D eigenvalue weighted by Gasteiger charge is 2.15. The minimum absolute atomic E-state index is 0.150. The van der Waals surface area contributed by atoms with Crippen LogP contribution in [0.25, 0.3) is 0 Å². The van der Waals surface area contributed by atoms with E-state index in [9.17, 15) is 9.59 Å². The number of nitrogens with one attached hydrogen (secondary N) is 1. The maximum Gasteiger partial charge on any atom is 0.237 e. The Morgan fingerprint density at radius 3 is 2.87 bits per heavy atom. The van der Waals surface area contributed by atoms with Crippen molar-refractivity contribution in [2.75, 3.05) is 0 Å². The topological polar surface area (TPSA) is 111 Å². The lowest BCUT2D eigenvalue weighted by molar-refractivity contribution is -0.126. The molecule has 0 spiro atoms. The molecule has 7 heteroatoms. The number of nitrogens with two attached hydrogens (primary N) is 2. The molecule has 1 atom stereocenters. The zero-order chi connectivity index (χ0) is 11.3. The van der Waals surface area contributed by atoms with Gasteiger partial charge in [-0.05, 0) is 0 Å². The van der Waals surface area contributed by atoms with Crippen molar-refractivity contribution in [1.82, 2.24) is 10.3 Å². The fourth-order valence-corrected chi connectivity index (χ4v) is 1.50. The van der Waals surface area contributed by atoms with Gasteiger partial charge in [0.2, 0.25) is 11.8 Å². The molecule has 0 saturated heterocycles. The number of carbonyl (C=O) groups excluding carboxylic acids is 2. The molecule has 0 saturated carbocycles. The second kappa shape index (κ2) is 5.42. The maximum atomic E-state index is 11.3. The number of hydrogen-bond donors (Lipinski definition) is 3. The molecule has 6 nitrogen and oxygen atoms in total. The zero-order valence-electron chi connectivity index (χ0n) is 7.97. The molecule has 2 amide bonds. The number of aromatic nitrogens is 1. The van der Waals surface area contributed by atoms with Gasteiger partial charge < -0.3 is 16.8 Å². The third-order valence-corrected chi connectivity index (χ3v) is 2.32. The predicted octanol–water partition coefficient (Wildman–Crippen LogP) is -1.04. The van der Waals surface area contributed by atoms with Gasteiger partial charge in [0.05, 0.1) is 30.2 Å². The first-order valence-corrected chi connectivity index (χ1v) is 5.22. The van der Waals surface area contributed by atoms with Gasteiger partial charge in [-0.25, -0.2) is 4.98 Å². The number of primary amides is 1. The summed E-state index contributed by atoms with van der Waals surface area (Å²) in [6.07, 6.45) is -0.150. The highest BCUT2D eigenvalue weighted by atomic mass is 32.1. The Kier molecular flexibility index (Phi) is 4.19. The summed E-state index contributed by atoms with van der Waals surface area (Å²) in [4.78, 5) is 25.8. The van der Waals surface area contributed by atoms with E-state index < -0.39 is 17.9 Å². The largest absolute Gasteiger partial charge is 0.370 e. The molecule has 1 unspecified atom stereocenters. The first-order valence-electron chi connectivity index (χ1n) is 4.28. The highest BCUT2D eigenvalue weighted by Crippen LogP contribution is 2.00. The second-order valence-electron chi connectivity index (χ2n) is 2.97. The third kappa shape index (κ3) is 4.05. The number of amides is 2. The molecular formula is C8H12N4O2S. The van der Waals surface area contributed by atoms with Gasteiger partial charge in [0, 0.05) is 5.38 Å². The molecule has 5 N–H and O–H groups in total. The van der Waals surface area contributed by atoms with Crippen LogP contribution in [-0.2, 0) is 16.1 Å². The molecule has 15 heavy (non-hydrogen) atoms. The average molecular weight is 228 g/mol. The molecular weight excluding hydrogens is 216 g/mol. The van der Waals surface area contributed by atoms with Crippen LogP contribution in [0.5, 0.6) is 0 Å². The Morgan fingerprint density at radius 2 is 2.33 bits per heavy atom. The molecule has 0 aromatic carbocycles.